The Labute approximate surface area is 208 Å². The summed E-state index contributed by atoms with van der Waals surface area (Å²) in [6.07, 6.45) is 0.730. The minimum atomic E-state index is -0.226. The van der Waals surface area contributed by atoms with Crippen molar-refractivity contribution in [2.24, 2.45) is 0 Å². The maximum atomic E-state index is 13.5. The third-order valence-electron chi connectivity index (χ3n) is 6.06. The molecule has 1 atom stereocenters. The summed E-state index contributed by atoms with van der Waals surface area (Å²) in [6, 6.07) is 23.4. The maximum Gasteiger partial charge on any atom is 0.277 e. The Morgan fingerprint density at radius 2 is 1.69 bits per heavy atom. The molecule has 1 amide bonds. The number of rotatable bonds is 7. The molecule has 0 fully saturated rings. The molecule has 0 saturated carbocycles. The number of methoxy groups -OCH3 is 2. The summed E-state index contributed by atoms with van der Waals surface area (Å²) in [5.74, 6) is 1.98. The van der Waals surface area contributed by atoms with E-state index in [1.165, 1.54) is 11.8 Å². The standard InChI is InChI=1S/C27H25N3O4S/c1-32-22-15-20-13-14-30(25(18-9-5-3-6-10-18)21(20)16-23(22)33-2)24(31)17-35-27-29-28-26(34-27)19-11-7-4-8-12-19/h3-12,15-16,25H,13-14,17H2,1-2H3. The summed E-state index contributed by atoms with van der Waals surface area (Å²) in [6.45, 7) is 0.598. The lowest BCUT2D eigenvalue weighted by atomic mass is 9.87. The van der Waals surface area contributed by atoms with Crippen LogP contribution in [0.25, 0.3) is 11.5 Å². The molecule has 0 saturated heterocycles. The van der Waals surface area contributed by atoms with Gasteiger partial charge in [-0.25, -0.2) is 0 Å². The summed E-state index contributed by atoms with van der Waals surface area (Å²) >= 11 is 1.25. The third kappa shape index (κ3) is 4.74. The number of carbonyl (C=O) groups is 1. The Bertz CT molecular complexity index is 1310. The molecule has 178 valence electrons. The van der Waals surface area contributed by atoms with Crippen LogP contribution in [0.4, 0.5) is 0 Å². The molecule has 0 bridgehead atoms. The monoisotopic (exact) mass is 487 g/mol. The molecule has 5 rings (SSSR count). The first-order chi connectivity index (χ1) is 17.2. The van der Waals surface area contributed by atoms with Gasteiger partial charge in [-0.15, -0.1) is 10.2 Å². The largest absolute Gasteiger partial charge is 0.493 e. The van der Waals surface area contributed by atoms with Gasteiger partial charge in [0.15, 0.2) is 11.5 Å². The van der Waals surface area contributed by atoms with Gasteiger partial charge in [0.25, 0.3) is 5.22 Å². The minimum absolute atomic E-state index is 0.00347. The van der Waals surface area contributed by atoms with E-state index < -0.39 is 0 Å². The van der Waals surface area contributed by atoms with Crippen molar-refractivity contribution in [1.29, 1.82) is 0 Å². The van der Waals surface area contributed by atoms with Gasteiger partial charge in [-0.1, -0.05) is 60.3 Å². The number of benzene rings is 3. The van der Waals surface area contributed by atoms with E-state index in [0.29, 0.717) is 29.2 Å². The molecule has 4 aromatic rings. The van der Waals surface area contributed by atoms with Gasteiger partial charge in [0.1, 0.15) is 0 Å². The fourth-order valence-electron chi connectivity index (χ4n) is 4.38. The van der Waals surface area contributed by atoms with Crippen LogP contribution in [0.5, 0.6) is 11.5 Å². The molecule has 0 radical (unpaired) electrons. The molecule has 1 unspecified atom stereocenters. The van der Waals surface area contributed by atoms with Gasteiger partial charge in [0, 0.05) is 12.1 Å². The molecular weight excluding hydrogens is 462 g/mol. The highest BCUT2D eigenvalue weighted by Gasteiger charge is 2.33. The summed E-state index contributed by atoms with van der Waals surface area (Å²) < 4.78 is 16.8. The van der Waals surface area contributed by atoms with Gasteiger partial charge >= 0.3 is 0 Å². The molecule has 1 aliphatic rings. The Kier molecular flexibility index (Phi) is 6.72. The number of hydrogen-bond acceptors (Lipinski definition) is 7. The summed E-state index contributed by atoms with van der Waals surface area (Å²) in [7, 11) is 3.26. The zero-order valence-electron chi connectivity index (χ0n) is 19.5. The average molecular weight is 488 g/mol. The second-order valence-electron chi connectivity index (χ2n) is 8.08. The van der Waals surface area contributed by atoms with Crippen LogP contribution in [0.3, 0.4) is 0 Å². The Morgan fingerprint density at radius 1 is 1.00 bits per heavy atom. The molecule has 3 aromatic carbocycles. The number of hydrogen-bond donors (Lipinski definition) is 0. The number of carbonyl (C=O) groups excluding carboxylic acids is 1. The van der Waals surface area contributed by atoms with Crippen LogP contribution < -0.4 is 9.47 Å². The third-order valence-corrected chi connectivity index (χ3v) is 6.86. The summed E-state index contributed by atoms with van der Waals surface area (Å²) in [5, 5.41) is 8.60. The zero-order chi connectivity index (χ0) is 24.2. The Balaban J connectivity index is 1.40. The molecule has 0 aliphatic carbocycles. The lowest BCUT2D eigenvalue weighted by molar-refractivity contribution is -0.130. The topological polar surface area (TPSA) is 77.7 Å². The fourth-order valence-corrected chi connectivity index (χ4v) is 5.03. The molecule has 0 N–H and O–H groups in total. The summed E-state index contributed by atoms with van der Waals surface area (Å²) in [5.41, 5.74) is 4.09. The van der Waals surface area contributed by atoms with Crippen molar-refractivity contribution < 1.29 is 18.7 Å². The van der Waals surface area contributed by atoms with Crippen LogP contribution >= 0.6 is 11.8 Å². The lowest BCUT2D eigenvalue weighted by Crippen LogP contribution is -2.41. The van der Waals surface area contributed by atoms with Crippen molar-refractivity contribution >= 4 is 17.7 Å². The molecule has 2 heterocycles. The van der Waals surface area contributed by atoms with Crippen molar-refractivity contribution in [3.63, 3.8) is 0 Å². The molecule has 7 nitrogen and oxygen atoms in total. The molecule has 0 spiro atoms. The highest BCUT2D eigenvalue weighted by Crippen LogP contribution is 2.41. The predicted octanol–water partition coefficient (Wildman–Crippen LogP) is 5.02. The highest BCUT2D eigenvalue weighted by atomic mass is 32.2. The van der Waals surface area contributed by atoms with Gasteiger partial charge in [-0.2, -0.15) is 0 Å². The molecule has 1 aliphatic heterocycles. The van der Waals surface area contributed by atoms with Gasteiger partial charge in [0.05, 0.1) is 26.0 Å². The van der Waals surface area contributed by atoms with Crippen molar-refractivity contribution in [3.8, 4) is 23.0 Å². The van der Waals surface area contributed by atoms with Gasteiger partial charge in [-0.05, 0) is 47.4 Å². The highest BCUT2D eigenvalue weighted by molar-refractivity contribution is 7.99. The molecule has 1 aromatic heterocycles. The SMILES string of the molecule is COc1cc2c(cc1OC)C(c1ccccc1)N(C(=O)CSc1nnc(-c3ccccc3)o1)CC2. The number of amides is 1. The van der Waals surface area contributed by atoms with Crippen molar-refractivity contribution in [2.75, 3.05) is 26.5 Å². The predicted molar refractivity (Wildman–Crippen MR) is 134 cm³/mol. The first-order valence-electron chi connectivity index (χ1n) is 11.3. The number of fused-ring (bicyclic) bond motifs is 1. The summed E-state index contributed by atoms with van der Waals surface area (Å²) in [4.78, 5) is 15.4. The van der Waals surface area contributed by atoms with E-state index in [2.05, 4.69) is 10.2 Å². The van der Waals surface area contributed by atoms with Crippen LogP contribution in [0, 0.1) is 0 Å². The second-order valence-corrected chi connectivity index (χ2v) is 9.01. The Morgan fingerprint density at radius 3 is 2.40 bits per heavy atom. The van der Waals surface area contributed by atoms with E-state index >= 15 is 0 Å². The molecule has 8 heteroatoms. The molecule has 35 heavy (non-hydrogen) atoms. The van der Waals surface area contributed by atoms with E-state index in [0.717, 1.165) is 28.7 Å². The first kappa shape index (κ1) is 23.0. The maximum absolute atomic E-state index is 13.5. The van der Waals surface area contributed by atoms with E-state index in [1.807, 2.05) is 77.7 Å². The van der Waals surface area contributed by atoms with Crippen molar-refractivity contribution in [2.45, 2.75) is 17.7 Å². The quantitative estimate of drug-likeness (QED) is 0.339. The number of thioether (sulfide) groups is 1. The van der Waals surface area contributed by atoms with E-state index in [-0.39, 0.29) is 17.7 Å². The molecular formula is C27H25N3O4S. The Hall–Kier alpha value is -3.78. The van der Waals surface area contributed by atoms with Crippen LogP contribution in [-0.2, 0) is 11.2 Å². The lowest BCUT2D eigenvalue weighted by Gasteiger charge is -2.38. The van der Waals surface area contributed by atoms with Crippen molar-refractivity contribution in [3.05, 3.63) is 89.5 Å². The number of ether oxygens (including phenoxy) is 2. The van der Waals surface area contributed by atoms with Gasteiger partial charge in [0.2, 0.25) is 11.8 Å². The van der Waals surface area contributed by atoms with E-state index in [1.54, 1.807) is 14.2 Å². The van der Waals surface area contributed by atoms with E-state index in [9.17, 15) is 4.79 Å². The minimum Gasteiger partial charge on any atom is -0.493 e. The van der Waals surface area contributed by atoms with Crippen LogP contribution in [0.15, 0.2) is 82.4 Å². The number of nitrogens with zero attached hydrogens (tertiary/aromatic N) is 3. The normalized spacial score (nSPS) is 14.9. The van der Waals surface area contributed by atoms with Gasteiger partial charge < -0.3 is 18.8 Å². The van der Waals surface area contributed by atoms with Crippen molar-refractivity contribution in [1.82, 2.24) is 15.1 Å². The van der Waals surface area contributed by atoms with E-state index in [4.69, 9.17) is 13.9 Å². The second kappa shape index (κ2) is 10.2. The van der Waals surface area contributed by atoms with Gasteiger partial charge in [-0.3, -0.25) is 4.79 Å². The van der Waals surface area contributed by atoms with Crippen LogP contribution in [0.1, 0.15) is 22.7 Å². The van der Waals surface area contributed by atoms with Crippen LogP contribution in [0.2, 0.25) is 0 Å². The van der Waals surface area contributed by atoms with Crippen LogP contribution in [-0.4, -0.2) is 47.5 Å². The fraction of sp³-hybridized carbons (Fsp3) is 0.222. The first-order valence-corrected chi connectivity index (χ1v) is 12.3. The zero-order valence-corrected chi connectivity index (χ0v) is 20.3. The number of aromatic nitrogens is 2. The smallest absolute Gasteiger partial charge is 0.277 e. The average Bonchev–Trinajstić information content (AvgIpc) is 3.40.